The molecule has 5 rings (SSSR count). The zero-order valence-corrected chi connectivity index (χ0v) is 16.7. The highest BCUT2D eigenvalue weighted by Gasteiger charge is 2.42. The number of H-pyrrole nitrogens is 1. The van der Waals surface area contributed by atoms with Crippen LogP contribution in [0.25, 0.3) is 11.3 Å². The van der Waals surface area contributed by atoms with Gasteiger partial charge in [-0.05, 0) is 37.0 Å². The molecule has 4 heteroatoms. The molecule has 142 valence electrons. The molecule has 2 aromatic carbocycles. The zero-order chi connectivity index (χ0) is 19.0. The highest BCUT2D eigenvalue weighted by molar-refractivity contribution is 7.98. The largest absolute Gasteiger partial charge is 0.310 e. The lowest BCUT2D eigenvalue weighted by atomic mass is 9.62. The quantitative estimate of drug-likeness (QED) is 0.604. The molecule has 3 nitrogen and oxygen atoms in total. The van der Waals surface area contributed by atoms with Crippen molar-refractivity contribution in [2.24, 2.45) is 0 Å². The smallest absolute Gasteiger partial charge is 0.255 e. The molecule has 0 unspecified atom stereocenters. The summed E-state index contributed by atoms with van der Waals surface area (Å²) >= 11 is 1.71. The Morgan fingerprint density at radius 1 is 0.964 bits per heavy atom. The number of rotatable bonds is 3. The predicted molar refractivity (Wildman–Crippen MR) is 115 cm³/mol. The summed E-state index contributed by atoms with van der Waals surface area (Å²) in [7, 11) is 0. The van der Waals surface area contributed by atoms with Gasteiger partial charge in [-0.15, -0.1) is 11.8 Å². The standard InChI is InChI=1S/C24H24N2OS/c27-23-21-22(25-20(26-23)16-28-18-10-3-1-4-11-18)19-12-6-5-9-17(19)15-24(21)13-7-2-8-14-24/h1,3-6,9-12H,2,7-8,13-16H2,(H,25,26,27). The second-order valence-corrected chi connectivity index (χ2v) is 9.06. The molecule has 1 aromatic heterocycles. The molecular formula is C24H24N2OS. The first kappa shape index (κ1) is 17.7. The summed E-state index contributed by atoms with van der Waals surface area (Å²) < 4.78 is 0. The first-order valence-corrected chi connectivity index (χ1v) is 11.1. The van der Waals surface area contributed by atoms with Crippen LogP contribution in [0.2, 0.25) is 0 Å². The van der Waals surface area contributed by atoms with Crippen LogP contribution in [0.3, 0.4) is 0 Å². The van der Waals surface area contributed by atoms with Gasteiger partial charge in [0.05, 0.1) is 17.0 Å². The average molecular weight is 389 g/mol. The van der Waals surface area contributed by atoms with Crippen molar-refractivity contribution in [2.45, 2.75) is 54.6 Å². The summed E-state index contributed by atoms with van der Waals surface area (Å²) in [5, 5.41) is 0. The van der Waals surface area contributed by atoms with E-state index in [1.165, 1.54) is 29.7 Å². The van der Waals surface area contributed by atoms with Crippen molar-refractivity contribution < 1.29 is 0 Å². The van der Waals surface area contributed by atoms with E-state index < -0.39 is 0 Å². The van der Waals surface area contributed by atoms with Crippen molar-refractivity contribution >= 4 is 11.8 Å². The lowest BCUT2D eigenvalue weighted by Gasteiger charge is -2.41. The van der Waals surface area contributed by atoms with Crippen molar-refractivity contribution in [3.8, 4) is 11.3 Å². The highest BCUT2D eigenvalue weighted by Crippen LogP contribution is 2.48. The molecule has 1 heterocycles. The molecule has 0 radical (unpaired) electrons. The van der Waals surface area contributed by atoms with Gasteiger partial charge in [0.25, 0.3) is 5.56 Å². The Bertz CT molecular complexity index is 1050. The predicted octanol–water partition coefficient (Wildman–Crippen LogP) is 5.49. The van der Waals surface area contributed by atoms with Crippen LogP contribution in [-0.2, 0) is 17.6 Å². The van der Waals surface area contributed by atoms with E-state index >= 15 is 0 Å². The van der Waals surface area contributed by atoms with Crippen molar-refractivity contribution in [1.29, 1.82) is 0 Å². The summed E-state index contributed by atoms with van der Waals surface area (Å²) in [5.74, 6) is 1.43. The Hall–Kier alpha value is -2.33. The lowest BCUT2D eigenvalue weighted by molar-refractivity contribution is 0.285. The molecule has 1 fully saturated rings. The second-order valence-electron chi connectivity index (χ2n) is 8.01. The fourth-order valence-corrected chi connectivity index (χ4v) is 5.75. The van der Waals surface area contributed by atoms with E-state index in [1.807, 2.05) is 18.2 Å². The maximum atomic E-state index is 13.3. The molecule has 0 amide bonds. The van der Waals surface area contributed by atoms with Crippen LogP contribution in [0.1, 0.15) is 49.1 Å². The van der Waals surface area contributed by atoms with E-state index in [1.54, 1.807) is 11.8 Å². The van der Waals surface area contributed by atoms with Crippen molar-refractivity contribution in [1.82, 2.24) is 9.97 Å². The number of hydrogen-bond donors (Lipinski definition) is 1. The molecule has 28 heavy (non-hydrogen) atoms. The number of benzene rings is 2. The van der Waals surface area contributed by atoms with Gasteiger partial charge >= 0.3 is 0 Å². The topological polar surface area (TPSA) is 45.8 Å². The molecule has 1 spiro atoms. The van der Waals surface area contributed by atoms with E-state index in [0.717, 1.165) is 41.9 Å². The molecule has 0 atom stereocenters. The maximum absolute atomic E-state index is 13.3. The summed E-state index contributed by atoms with van der Waals surface area (Å²) in [6.45, 7) is 0. The third-order valence-corrected chi connectivity index (χ3v) is 7.25. The molecule has 3 aromatic rings. The highest BCUT2D eigenvalue weighted by atomic mass is 32.2. The Kier molecular flexibility index (Phi) is 4.59. The van der Waals surface area contributed by atoms with Gasteiger partial charge in [0.2, 0.25) is 0 Å². The van der Waals surface area contributed by atoms with E-state index in [4.69, 9.17) is 4.98 Å². The van der Waals surface area contributed by atoms with Gasteiger partial charge in [0, 0.05) is 15.9 Å². The first-order valence-electron chi connectivity index (χ1n) is 10.1. The molecular weight excluding hydrogens is 364 g/mol. The number of fused-ring (bicyclic) bond motifs is 4. The molecule has 0 aliphatic heterocycles. The van der Waals surface area contributed by atoms with E-state index in [2.05, 4.69) is 41.4 Å². The van der Waals surface area contributed by atoms with Crippen LogP contribution in [0, 0.1) is 0 Å². The molecule has 1 N–H and O–H groups in total. The van der Waals surface area contributed by atoms with Crippen LogP contribution < -0.4 is 5.56 Å². The van der Waals surface area contributed by atoms with Crippen LogP contribution in [0.15, 0.2) is 64.3 Å². The Labute approximate surface area is 169 Å². The van der Waals surface area contributed by atoms with Crippen molar-refractivity contribution in [2.75, 3.05) is 0 Å². The third kappa shape index (κ3) is 3.10. The van der Waals surface area contributed by atoms with Gasteiger partial charge in [-0.25, -0.2) is 4.98 Å². The van der Waals surface area contributed by atoms with E-state index in [-0.39, 0.29) is 11.0 Å². The number of hydrogen-bond acceptors (Lipinski definition) is 3. The molecule has 2 aliphatic rings. The number of thioether (sulfide) groups is 1. The van der Waals surface area contributed by atoms with Crippen LogP contribution in [0.5, 0.6) is 0 Å². The minimum atomic E-state index is -0.0341. The van der Waals surface area contributed by atoms with Crippen molar-refractivity contribution in [3.63, 3.8) is 0 Å². The third-order valence-electron chi connectivity index (χ3n) is 6.23. The number of nitrogens with zero attached hydrogens (tertiary/aromatic N) is 1. The molecule has 0 saturated heterocycles. The van der Waals surface area contributed by atoms with Crippen LogP contribution in [-0.4, -0.2) is 9.97 Å². The molecule has 2 aliphatic carbocycles. The van der Waals surface area contributed by atoms with Gasteiger partial charge < -0.3 is 4.98 Å². The summed E-state index contributed by atoms with van der Waals surface area (Å²) in [5.41, 5.74) is 4.40. The minimum Gasteiger partial charge on any atom is -0.310 e. The van der Waals surface area contributed by atoms with E-state index in [0.29, 0.717) is 5.75 Å². The first-order chi connectivity index (χ1) is 13.8. The maximum Gasteiger partial charge on any atom is 0.255 e. The van der Waals surface area contributed by atoms with Gasteiger partial charge in [-0.2, -0.15) is 0 Å². The van der Waals surface area contributed by atoms with Crippen LogP contribution >= 0.6 is 11.8 Å². The Morgan fingerprint density at radius 2 is 1.71 bits per heavy atom. The summed E-state index contributed by atoms with van der Waals surface area (Å²) in [6.07, 6.45) is 6.84. The summed E-state index contributed by atoms with van der Waals surface area (Å²) in [6, 6.07) is 18.8. The molecule has 0 bridgehead atoms. The normalized spacial score (nSPS) is 17.1. The van der Waals surface area contributed by atoms with Crippen molar-refractivity contribution in [3.05, 3.63) is 81.9 Å². The van der Waals surface area contributed by atoms with Gasteiger partial charge in [0.1, 0.15) is 5.82 Å². The minimum absolute atomic E-state index is 0.0341. The number of aromatic amines is 1. The number of nitrogens with one attached hydrogen (secondary N) is 1. The van der Waals surface area contributed by atoms with Gasteiger partial charge in [0.15, 0.2) is 0 Å². The fraction of sp³-hybridized carbons (Fsp3) is 0.333. The molecule has 1 saturated carbocycles. The van der Waals surface area contributed by atoms with Gasteiger partial charge in [-0.3, -0.25) is 4.79 Å². The van der Waals surface area contributed by atoms with Crippen LogP contribution in [0.4, 0.5) is 0 Å². The second kappa shape index (κ2) is 7.25. The van der Waals surface area contributed by atoms with Gasteiger partial charge in [-0.1, -0.05) is 61.7 Å². The Morgan fingerprint density at radius 3 is 2.54 bits per heavy atom. The monoisotopic (exact) mass is 388 g/mol. The SMILES string of the molecule is O=c1[nH]c(CSc2ccccc2)nc2c1C1(CCCCC1)Cc1ccccc1-2. The fourth-order valence-electron chi connectivity index (χ4n) is 4.96. The lowest BCUT2D eigenvalue weighted by Crippen LogP contribution is -2.41. The average Bonchev–Trinajstić information content (AvgIpc) is 2.73. The van der Waals surface area contributed by atoms with E-state index in [9.17, 15) is 4.79 Å². The summed E-state index contributed by atoms with van der Waals surface area (Å²) in [4.78, 5) is 22.6. The Balaban J connectivity index is 1.59. The number of aromatic nitrogens is 2. The zero-order valence-electron chi connectivity index (χ0n) is 15.9.